The maximum Gasteiger partial charge on any atom is 0.0714 e. The van der Waals surface area contributed by atoms with E-state index in [1.165, 1.54) is 94.2 Å². The molecule has 0 aromatic heterocycles. The van der Waals surface area contributed by atoms with Crippen LogP contribution >= 0.6 is 0 Å². The van der Waals surface area contributed by atoms with Gasteiger partial charge >= 0.3 is 0 Å². The molecule has 0 bridgehead atoms. The molecule has 12 aromatic carbocycles. The maximum absolute atomic E-state index is 2.46. The van der Waals surface area contributed by atoms with E-state index in [-0.39, 0.29) is 0 Å². The first-order valence-corrected chi connectivity index (χ1v) is 24.9. The van der Waals surface area contributed by atoms with Crippen molar-refractivity contribution in [3.05, 3.63) is 320 Å². The highest BCUT2D eigenvalue weighted by Crippen LogP contribution is 2.57. The Balaban J connectivity index is 0.952. The fourth-order valence-electron chi connectivity index (χ4n) is 11.3. The van der Waals surface area contributed by atoms with E-state index >= 15 is 0 Å². The summed E-state index contributed by atoms with van der Waals surface area (Å²) in [5.74, 6) is 0. The molecule has 0 spiro atoms. The van der Waals surface area contributed by atoms with Crippen LogP contribution in [0.5, 0.6) is 0 Å². The zero-order valence-corrected chi connectivity index (χ0v) is 39.7. The van der Waals surface area contributed by atoms with Crippen LogP contribution in [0.4, 0.5) is 17.1 Å². The van der Waals surface area contributed by atoms with Gasteiger partial charge in [-0.25, -0.2) is 0 Å². The molecule has 0 saturated heterocycles. The quantitative estimate of drug-likeness (QED) is 0.132. The van der Waals surface area contributed by atoms with Crippen LogP contribution in [0.15, 0.2) is 297 Å². The molecule has 0 fully saturated rings. The monoisotopic (exact) mass is 915 g/mol. The Morgan fingerprint density at radius 3 is 1.18 bits per heavy atom. The number of hydrogen-bond acceptors (Lipinski definition) is 1. The standard InChI is InChI=1S/C71H49N/c1-5-18-50(19-6-1)59-46-60(51-20-7-2-8-21-51)48-61(47-59)54-36-40-65(41-37-54)72(64-38-34-53(35-39-64)56-24-17-25-57(44-56)58-33-32-52-22-13-14-23-55(52)45-58)66-42-43-68-67-30-15-16-31-69(67)71(70(68)49-66,62-26-9-3-10-27-62)63-28-11-4-12-29-63/h1-49H. The van der Waals surface area contributed by atoms with Crippen molar-refractivity contribution in [1.82, 2.24) is 0 Å². The minimum Gasteiger partial charge on any atom is -0.310 e. The minimum absolute atomic E-state index is 0.528. The third kappa shape index (κ3) is 7.60. The number of anilines is 3. The fraction of sp³-hybridized carbons (Fsp3) is 0.0141. The molecule has 0 saturated carbocycles. The van der Waals surface area contributed by atoms with E-state index < -0.39 is 5.41 Å². The molecule has 1 heteroatoms. The molecular formula is C71H49N. The summed E-state index contributed by atoms with van der Waals surface area (Å²) in [6.45, 7) is 0. The van der Waals surface area contributed by atoms with Crippen LogP contribution in [0, 0.1) is 0 Å². The van der Waals surface area contributed by atoms with E-state index in [1.54, 1.807) is 0 Å². The lowest BCUT2D eigenvalue weighted by atomic mass is 9.67. The molecule has 12 aromatic rings. The van der Waals surface area contributed by atoms with Crippen molar-refractivity contribution in [3.63, 3.8) is 0 Å². The van der Waals surface area contributed by atoms with Crippen molar-refractivity contribution in [1.29, 1.82) is 0 Å². The van der Waals surface area contributed by atoms with Gasteiger partial charge in [-0.1, -0.05) is 231 Å². The number of nitrogens with zero attached hydrogens (tertiary/aromatic N) is 1. The minimum atomic E-state index is -0.528. The summed E-state index contributed by atoms with van der Waals surface area (Å²) in [5, 5.41) is 2.50. The molecule has 0 atom stereocenters. The molecule has 0 aliphatic heterocycles. The van der Waals surface area contributed by atoms with E-state index in [0.717, 1.165) is 22.6 Å². The van der Waals surface area contributed by atoms with Gasteiger partial charge in [0.2, 0.25) is 0 Å². The van der Waals surface area contributed by atoms with Crippen LogP contribution in [0.1, 0.15) is 22.3 Å². The van der Waals surface area contributed by atoms with Gasteiger partial charge in [0.25, 0.3) is 0 Å². The Morgan fingerprint density at radius 1 is 0.208 bits per heavy atom. The first kappa shape index (κ1) is 42.8. The first-order valence-electron chi connectivity index (χ1n) is 24.9. The lowest BCUT2D eigenvalue weighted by Crippen LogP contribution is -2.28. The van der Waals surface area contributed by atoms with Crippen LogP contribution in [0.3, 0.4) is 0 Å². The predicted molar refractivity (Wildman–Crippen MR) is 303 cm³/mol. The second kappa shape index (κ2) is 18.2. The van der Waals surface area contributed by atoms with Crippen molar-refractivity contribution in [2.75, 3.05) is 4.90 Å². The van der Waals surface area contributed by atoms with Crippen LogP contribution in [0.25, 0.3) is 77.5 Å². The first-order chi connectivity index (χ1) is 35.7. The van der Waals surface area contributed by atoms with Crippen LogP contribution in [-0.4, -0.2) is 0 Å². The topological polar surface area (TPSA) is 3.24 Å². The van der Waals surface area contributed by atoms with Gasteiger partial charge < -0.3 is 4.90 Å². The summed E-state index contributed by atoms with van der Waals surface area (Å²) < 4.78 is 0. The van der Waals surface area contributed by atoms with Crippen molar-refractivity contribution < 1.29 is 0 Å². The van der Waals surface area contributed by atoms with Crippen molar-refractivity contribution in [3.8, 4) is 66.8 Å². The molecule has 1 aliphatic carbocycles. The summed E-state index contributed by atoms with van der Waals surface area (Å²) in [6.07, 6.45) is 0. The summed E-state index contributed by atoms with van der Waals surface area (Å²) in [4.78, 5) is 2.43. The molecule has 0 N–H and O–H groups in total. The third-order valence-corrected chi connectivity index (χ3v) is 14.7. The van der Waals surface area contributed by atoms with Gasteiger partial charge in [0, 0.05) is 17.1 Å². The van der Waals surface area contributed by atoms with Gasteiger partial charge in [-0.3, -0.25) is 0 Å². The summed E-state index contributed by atoms with van der Waals surface area (Å²) >= 11 is 0. The van der Waals surface area contributed by atoms with Crippen molar-refractivity contribution in [2.45, 2.75) is 5.41 Å². The van der Waals surface area contributed by atoms with Crippen LogP contribution in [0.2, 0.25) is 0 Å². The largest absolute Gasteiger partial charge is 0.310 e. The van der Waals surface area contributed by atoms with E-state index in [1.807, 2.05) is 0 Å². The molecule has 13 rings (SSSR count). The summed E-state index contributed by atoms with van der Waals surface area (Å²) in [5.41, 5.74) is 22.2. The van der Waals surface area contributed by atoms with Gasteiger partial charge in [0.15, 0.2) is 0 Å². The fourth-order valence-corrected chi connectivity index (χ4v) is 11.3. The zero-order valence-electron chi connectivity index (χ0n) is 39.7. The highest BCUT2D eigenvalue weighted by Gasteiger charge is 2.46. The normalized spacial score (nSPS) is 12.3. The van der Waals surface area contributed by atoms with Gasteiger partial charge in [-0.2, -0.15) is 0 Å². The van der Waals surface area contributed by atoms with E-state index in [2.05, 4.69) is 302 Å². The van der Waals surface area contributed by atoms with Gasteiger partial charge in [0.05, 0.1) is 5.41 Å². The molecule has 1 nitrogen and oxygen atoms in total. The number of fused-ring (bicyclic) bond motifs is 4. The summed E-state index contributed by atoms with van der Waals surface area (Å²) in [6, 6.07) is 109. The Labute approximate surface area is 422 Å². The number of rotatable bonds is 10. The van der Waals surface area contributed by atoms with Crippen LogP contribution in [-0.2, 0) is 5.41 Å². The average Bonchev–Trinajstić information content (AvgIpc) is 3.76. The van der Waals surface area contributed by atoms with E-state index in [0.29, 0.717) is 0 Å². The molecular weight excluding hydrogens is 867 g/mol. The molecule has 72 heavy (non-hydrogen) atoms. The molecule has 338 valence electrons. The third-order valence-electron chi connectivity index (χ3n) is 14.7. The maximum atomic E-state index is 2.46. The van der Waals surface area contributed by atoms with Gasteiger partial charge in [-0.05, 0) is 167 Å². The SMILES string of the molecule is c1ccc(-c2cc(-c3ccccc3)cc(-c3ccc(N(c4ccc(-c5cccc(-c6ccc7ccccc7c6)c5)cc4)c4ccc5c(c4)C(c4ccccc4)(c4ccccc4)c4ccccc4-5)cc3)c2)cc1. The Hall–Kier alpha value is -9.30. The second-order valence-electron chi connectivity index (χ2n) is 18.9. The molecule has 0 amide bonds. The predicted octanol–water partition coefficient (Wildman–Crippen LogP) is 19.0. The van der Waals surface area contributed by atoms with Crippen LogP contribution < -0.4 is 4.90 Å². The summed E-state index contributed by atoms with van der Waals surface area (Å²) in [7, 11) is 0. The smallest absolute Gasteiger partial charge is 0.0714 e. The van der Waals surface area contributed by atoms with Gasteiger partial charge in [0.1, 0.15) is 0 Å². The average molecular weight is 916 g/mol. The molecule has 0 unspecified atom stereocenters. The lowest BCUT2D eigenvalue weighted by molar-refractivity contribution is 0.768. The Bertz CT molecular complexity index is 3780. The van der Waals surface area contributed by atoms with Gasteiger partial charge in [-0.15, -0.1) is 0 Å². The second-order valence-corrected chi connectivity index (χ2v) is 18.9. The Kier molecular flexibility index (Phi) is 10.8. The van der Waals surface area contributed by atoms with Crippen molar-refractivity contribution >= 4 is 27.8 Å². The lowest BCUT2D eigenvalue weighted by Gasteiger charge is -2.35. The van der Waals surface area contributed by atoms with Crippen molar-refractivity contribution in [2.24, 2.45) is 0 Å². The van der Waals surface area contributed by atoms with E-state index in [9.17, 15) is 0 Å². The van der Waals surface area contributed by atoms with E-state index in [4.69, 9.17) is 0 Å². The number of hydrogen-bond donors (Lipinski definition) is 0. The zero-order chi connectivity index (χ0) is 47.8. The number of benzene rings is 12. The molecule has 0 radical (unpaired) electrons. The Morgan fingerprint density at radius 2 is 0.597 bits per heavy atom. The molecule has 0 heterocycles. The highest BCUT2D eigenvalue weighted by atomic mass is 15.1. The highest BCUT2D eigenvalue weighted by molar-refractivity contribution is 5.91. The molecule has 1 aliphatic rings.